The lowest BCUT2D eigenvalue weighted by atomic mass is 9.99. The van der Waals surface area contributed by atoms with Crippen molar-refractivity contribution < 1.29 is 14.2 Å². The number of fused-ring (bicyclic) bond motifs is 1. The van der Waals surface area contributed by atoms with Gasteiger partial charge in [-0.3, -0.25) is 0 Å². The summed E-state index contributed by atoms with van der Waals surface area (Å²) in [6, 6.07) is 16.3. The summed E-state index contributed by atoms with van der Waals surface area (Å²) < 4.78 is 17.3. The first-order valence-corrected chi connectivity index (χ1v) is 8.34. The highest BCUT2D eigenvalue weighted by Crippen LogP contribution is 2.34. The monoisotopic (exact) mass is 312 g/mol. The fraction of sp³-hybridized carbons (Fsp3) is 0.400. The zero-order valence-electron chi connectivity index (χ0n) is 13.8. The molecule has 23 heavy (non-hydrogen) atoms. The average molecular weight is 312 g/mol. The number of hydrogen-bond acceptors (Lipinski definition) is 3. The zero-order chi connectivity index (χ0) is 16.1. The Labute approximate surface area is 138 Å². The summed E-state index contributed by atoms with van der Waals surface area (Å²) in [5.41, 5.74) is 2.45. The maximum absolute atomic E-state index is 5.91. The molecule has 0 saturated heterocycles. The molecule has 1 aliphatic rings. The van der Waals surface area contributed by atoms with Gasteiger partial charge in [0.15, 0.2) is 6.79 Å². The number of benzene rings is 2. The Hall–Kier alpha value is -2.00. The van der Waals surface area contributed by atoms with Crippen LogP contribution in [0.2, 0.25) is 0 Å². The van der Waals surface area contributed by atoms with Gasteiger partial charge in [-0.2, -0.15) is 0 Å². The molecule has 1 heterocycles. The summed E-state index contributed by atoms with van der Waals surface area (Å²) in [4.78, 5) is 0. The standard InChI is InChI=1S/C20H24O3/c1-3-15(2)16-8-10-17(11-9-16)22-14-23-20-12-13-21-19-7-5-4-6-18(19)20/h4-11,15,20H,3,12-14H2,1-2H3. The summed E-state index contributed by atoms with van der Waals surface area (Å²) in [5, 5.41) is 0. The van der Waals surface area contributed by atoms with Crippen molar-refractivity contribution in [3.63, 3.8) is 0 Å². The fourth-order valence-corrected chi connectivity index (χ4v) is 2.79. The van der Waals surface area contributed by atoms with Gasteiger partial charge in [0.25, 0.3) is 0 Å². The molecule has 0 aliphatic carbocycles. The fourth-order valence-electron chi connectivity index (χ4n) is 2.79. The lowest BCUT2D eigenvalue weighted by Crippen LogP contribution is -2.18. The first kappa shape index (κ1) is 15.9. The first-order valence-electron chi connectivity index (χ1n) is 8.34. The molecule has 0 fully saturated rings. The van der Waals surface area contributed by atoms with Crippen LogP contribution < -0.4 is 9.47 Å². The van der Waals surface area contributed by atoms with Gasteiger partial charge < -0.3 is 14.2 Å². The molecule has 0 N–H and O–H groups in total. The van der Waals surface area contributed by atoms with Crippen molar-refractivity contribution in [3.05, 3.63) is 59.7 Å². The third kappa shape index (κ3) is 3.85. The molecule has 1 aliphatic heterocycles. The van der Waals surface area contributed by atoms with Gasteiger partial charge in [0, 0.05) is 12.0 Å². The van der Waals surface area contributed by atoms with Gasteiger partial charge in [0.1, 0.15) is 11.5 Å². The summed E-state index contributed by atoms with van der Waals surface area (Å²) in [5.74, 6) is 2.35. The van der Waals surface area contributed by atoms with Crippen LogP contribution >= 0.6 is 0 Å². The molecule has 0 bridgehead atoms. The highest BCUT2D eigenvalue weighted by Gasteiger charge is 2.21. The summed E-state index contributed by atoms with van der Waals surface area (Å²) in [6.45, 7) is 5.38. The molecule has 2 atom stereocenters. The molecule has 0 aromatic heterocycles. The minimum Gasteiger partial charge on any atom is -0.493 e. The Kier molecular flexibility index (Phi) is 5.19. The molecule has 2 unspecified atom stereocenters. The van der Waals surface area contributed by atoms with E-state index in [1.165, 1.54) is 5.56 Å². The van der Waals surface area contributed by atoms with E-state index >= 15 is 0 Å². The van der Waals surface area contributed by atoms with Crippen LogP contribution in [-0.4, -0.2) is 13.4 Å². The van der Waals surface area contributed by atoms with Crippen LogP contribution in [-0.2, 0) is 4.74 Å². The van der Waals surface area contributed by atoms with Gasteiger partial charge in [-0.15, -0.1) is 0 Å². The highest BCUT2D eigenvalue weighted by molar-refractivity contribution is 5.36. The zero-order valence-corrected chi connectivity index (χ0v) is 13.8. The van der Waals surface area contributed by atoms with E-state index in [0.29, 0.717) is 12.5 Å². The normalized spacial score (nSPS) is 17.9. The van der Waals surface area contributed by atoms with Crippen LogP contribution in [0.5, 0.6) is 11.5 Å². The van der Waals surface area contributed by atoms with E-state index in [4.69, 9.17) is 14.2 Å². The Morgan fingerprint density at radius 1 is 1.13 bits per heavy atom. The second kappa shape index (κ2) is 7.51. The number of para-hydroxylation sites is 1. The maximum Gasteiger partial charge on any atom is 0.189 e. The van der Waals surface area contributed by atoms with Crippen molar-refractivity contribution in [3.8, 4) is 11.5 Å². The second-order valence-corrected chi connectivity index (χ2v) is 5.97. The summed E-state index contributed by atoms with van der Waals surface area (Å²) in [6.07, 6.45) is 2.04. The van der Waals surface area contributed by atoms with Crippen molar-refractivity contribution in [2.45, 2.75) is 38.7 Å². The molecule has 2 aromatic rings. The number of ether oxygens (including phenoxy) is 3. The van der Waals surface area contributed by atoms with Gasteiger partial charge in [0.2, 0.25) is 0 Å². The predicted molar refractivity (Wildman–Crippen MR) is 91.0 cm³/mol. The van der Waals surface area contributed by atoms with Crippen molar-refractivity contribution in [1.82, 2.24) is 0 Å². The molecule has 0 spiro atoms. The Morgan fingerprint density at radius 3 is 2.70 bits per heavy atom. The molecule has 3 nitrogen and oxygen atoms in total. The van der Waals surface area contributed by atoms with Crippen LogP contribution in [0, 0.1) is 0 Å². The minimum atomic E-state index is 0.0411. The van der Waals surface area contributed by atoms with Crippen LogP contribution in [0.3, 0.4) is 0 Å². The molecule has 122 valence electrons. The number of hydrogen-bond donors (Lipinski definition) is 0. The molecule has 3 heteroatoms. The lowest BCUT2D eigenvalue weighted by Gasteiger charge is -2.25. The topological polar surface area (TPSA) is 27.7 Å². The van der Waals surface area contributed by atoms with Crippen LogP contribution in [0.25, 0.3) is 0 Å². The van der Waals surface area contributed by atoms with Crippen molar-refractivity contribution in [2.24, 2.45) is 0 Å². The summed E-state index contributed by atoms with van der Waals surface area (Å²) in [7, 11) is 0. The average Bonchev–Trinajstić information content (AvgIpc) is 2.62. The smallest absolute Gasteiger partial charge is 0.189 e. The molecule has 3 rings (SSSR count). The first-order chi connectivity index (χ1) is 11.3. The molecule has 0 radical (unpaired) electrons. The number of rotatable bonds is 6. The van der Waals surface area contributed by atoms with E-state index in [1.54, 1.807) is 0 Å². The van der Waals surface area contributed by atoms with E-state index in [1.807, 2.05) is 30.3 Å². The van der Waals surface area contributed by atoms with E-state index < -0.39 is 0 Å². The summed E-state index contributed by atoms with van der Waals surface area (Å²) >= 11 is 0. The van der Waals surface area contributed by atoms with E-state index in [9.17, 15) is 0 Å². The quantitative estimate of drug-likeness (QED) is 0.696. The van der Waals surface area contributed by atoms with Crippen LogP contribution in [0.15, 0.2) is 48.5 Å². The van der Waals surface area contributed by atoms with Gasteiger partial charge >= 0.3 is 0 Å². The second-order valence-electron chi connectivity index (χ2n) is 5.97. The van der Waals surface area contributed by atoms with Crippen LogP contribution in [0.1, 0.15) is 49.8 Å². The van der Waals surface area contributed by atoms with Gasteiger partial charge in [-0.1, -0.05) is 44.2 Å². The van der Waals surface area contributed by atoms with Crippen molar-refractivity contribution >= 4 is 0 Å². The molecule has 0 amide bonds. The van der Waals surface area contributed by atoms with Crippen molar-refractivity contribution in [1.29, 1.82) is 0 Å². The van der Waals surface area contributed by atoms with E-state index in [0.717, 1.165) is 29.9 Å². The lowest BCUT2D eigenvalue weighted by molar-refractivity contribution is -0.0518. The largest absolute Gasteiger partial charge is 0.493 e. The van der Waals surface area contributed by atoms with E-state index in [-0.39, 0.29) is 12.9 Å². The van der Waals surface area contributed by atoms with Crippen molar-refractivity contribution in [2.75, 3.05) is 13.4 Å². The van der Waals surface area contributed by atoms with Gasteiger partial charge in [0.05, 0.1) is 12.7 Å². The maximum atomic E-state index is 5.91. The molecule has 0 saturated carbocycles. The molecular weight excluding hydrogens is 288 g/mol. The predicted octanol–water partition coefficient (Wildman–Crippen LogP) is 5.08. The third-order valence-corrected chi connectivity index (χ3v) is 4.46. The van der Waals surface area contributed by atoms with Gasteiger partial charge in [-0.25, -0.2) is 0 Å². The van der Waals surface area contributed by atoms with Crippen LogP contribution in [0.4, 0.5) is 0 Å². The Morgan fingerprint density at radius 2 is 1.91 bits per heavy atom. The van der Waals surface area contributed by atoms with E-state index in [2.05, 4.69) is 32.0 Å². The van der Waals surface area contributed by atoms with Gasteiger partial charge in [-0.05, 0) is 36.1 Å². The Balaban J connectivity index is 1.54. The highest BCUT2D eigenvalue weighted by atomic mass is 16.7. The minimum absolute atomic E-state index is 0.0411. The third-order valence-electron chi connectivity index (χ3n) is 4.46. The SMILES string of the molecule is CCC(C)c1ccc(OCOC2CCOc3ccccc32)cc1. The Bertz CT molecular complexity index is 621. The molecule has 2 aromatic carbocycles. The molecular formula is C20H24O3.